The van der Waals surface area contributed by atoms with Gasteiger partial charge < -0.3 is 0 Å². The minimum atomic E-state index is -3.61. The number of nitriles is 1. The van der Waals surface area contributed by atoms with Crippen molar-refractivity contribution in [3.8, 4) is 6.07 Å². The summed E-state index contributed by atoms with van der Waals surface area (Å²) in [4.78, 5) is 2.51. The molecule has 0 amide bonds. The molecule has 0 N–H and O–H groups in total. The average Bonchev–Trinajstić information content (AvgIpc) is 2.93. The van der Waals surface area contributed by atoms with Crippen molar-refractivity contribution in [1.29, 1.82) is 5.26 Å². The molecule has 0 bridgehead atoms. The van der Waals surface area contributed by atoms with Crippen LogP contribution in [-0.2, 0) is 10.0 Å². The van der Waals surface area contributed by atoms with Crippen LogP contribution in [0.4, 0.5) is 0 Å². The minimum Gasteiger partial charge on any atom is -0.297 e. The Bertz CT molecular complexity index is 680. The monoisotopic (exact) mass is 305 g/mol. The van der Waals surface area contributed by atoms with E-state index in [1.54, 1.807) is 22.5 Å². The molecule has 21 heavy (non-hydrogen) atoms. The van der Waals surface area contributed by atoms with E-state index in [9.17, 15) is 8.42 Å². The van der Waals surface area contributed by atoms with Gasteiger partial charge in [-0.3, -0.25) is 4.90 Å². The highest BCUT2D eigenvalue weighted by molar-refractivity contribution is 7.89. The van der Waals surface area contributed by atoms with Gasteiger partial charge in [-0.2, -0.15) is 9.57 Å². The molecule has 0 radical (unpaired) electrons. The van der Waals surface area contributed by atoms with Crippen LogP contribution in [0.1, 0.15) is 25.3 Å². The number of sulfonamides is 1. The Labute approximate surface area is 125 Å². The van der Waals surface area contributed by atoms with E-state index in [4.69, 9.17) is 5.26 Å². The fraction of sp³-hybridized carbons (Fsp3) is 0.533. The number of fused-ring (bicyclic) bond motifs is 1. The van der Waals surface area contributed by atoms with Gasteiger partial charge in [-0.25, -0.2) is 8.42 Å². The summed E-state index contributed by atoms with van der Waals surface area (Å²) in [7, 11) is -3.61. The number of nitrogens with zero attached hydrogens (tertiary/aromatic N) is 3. The Morgan fingerprint density at radius 2 is 2.05 bits per heavy atom. The molecule has 2 aliphatic heterocycles. The summed E-state index contributed by atoms with van der Waals surface area (Å²) in [6.07, 6.45) is 2.19. The lowest BCUT2D eigenvalue weighted by Crippen LogP contribution is -2.56. The second kappa shape index (κ2) is 5.41. The standard InChI is InChI=1S/C15H19N3O2S/c1-12-10-17-8-4-6-14(17)11-18(12)21(19,20)15-7-3-2-5-13(15)9-16/h2-3,5,7,12,14H,4,6,8,10-11H2,1H3. The highest BCUT2D eigenvalue weighted by Gasteiger charge is 2.40. The minimum absolute atomic E-state index is 0.0592. The van der Waals surface area contributed by atoms with Crippen LogP contribution in [0.15, 0.2) is 29.2 Å². The quantitative estimate of drug-likeness (QED) is 0.829. The van der Waals surface area contributed by atoms with Gasteiger partial charge in [0.15, 0.2) is 0 Å². The third-order valence-corrected chi connectivity index (χ3v) is 6.51. The molecule has 1 aromatic carbocycles. The van der Waals surface area contributed by atoms with E-state index in [2.05, 4.69) is 4.90 Å². The average molecular weight is 305 g/mol. The number of rotatable bonds is 2. The van der Waals surface area contributed by atoms with E-state index in [1.807, 2.05) is 13.0 Å². The van der Waals surface area contributed by atoms with Gasteiger partial charge in [0.05, 0.1) is 10.5 Å². The number of hydrogen-bond acceptors (Lipinski definition) is 4. The van der Waals surface area contributed by atoms with Gasteiger partial charge in [-0.1, -0.05) is 12.1 Å². The van der Waals surface area contributed by atoms with Crippen LogP contribution in [0.5, 0.6) is 0 Å². The molecule has 2 fully saturated rings. The van der Waals surface area contributed by atoms with Crippen molar-refractivity contribution in [2.24, 2.45) is 0 Å². The third-order valence-electron chi connectivity index (χ3n) is 4.47. The molecule has 2 unspecified atom stereocenters. The lowest BCUT2D eigenvalue weighted by Gasteiger charge is -2.41. The largest absolute Gasteiger partial charge is 0.297 e. The van der Waals surface area contributed by atoms with Crippen molar-refractivity contribution < 1.29 is 8.42 Å². The maximum atomic E-state index is 12.9. The second-order valence-corrected chi connectivity index (χ2v) is 7.68. The smallest absolute Gasteiger partial charge is 0.244 e. The van der Waals surface area contributed by atoms with E-state index in [0.717, 1.165) is 25.9 Å². The molecular formula is C15H19N3O2S. The Morgan fingerprint density at radius 1 is 1.29 bits per heavy atom. The normalized spacial score (nSPS) is 27.2. The highest BCUT2D eigenvalue weighted by atomic mass is 32.2. The molecule has 1 aromatic rings. The molecule has 2 atom stereocenters. The SMILES string of the molecule is CC1CN2CCCC2CN1S(=O)(=O)c1ccccc1C#N. The van der Waals surface area contributed by atoms with Gasteiger partial charge >= 0.3 is 0 Å². The van der Waals surface area contributed by atoms with Crippen LogP contribution in [0.2, 0.25) is 0 Å². The summed E-state index contributed by atoms with van der Waals surface area (Å²) >= 11 is 0. The Balaban J connectivity index is 1.96. The number of hydrogen-bond donors (Lipinski definition) is 0. The van der Waals surface area contributed by atoms with Crippen LogP contribution >= 0.6 is 0 Å². The third kappa shape index (κ3) is 2.46. The molecule has 0 spiro atoms. The molecule has 0 aliphatic carbocycles. The van der Waals surface area contributed by atoms with Crippen molar-refractivity contribution >= 4 is 10.0 Å². The molecule has 0 aromatic heterocycles. The number of benzene rings is 1. The Kier molecular flexibility index (Phi) is 3.74. The van der Waals surface area contributed by atoms with E-state index < -0.39 is 10.0 Å². The first-order chi connectivity index (χ1) is 10.0. The fourth-order valence-corrected chi connectivity index (χ4v) is 5.21. The predicted octanol–water partition coefficient (Wildman–Crippen LogP) is 1.42. The van der Waals surface area contributed by atoms with Crippen LogP contribution in [0.3, 0.4) is 0 Å². The zero-order chi connectivity index (χ0) is 15.0. The second-order valence-electron chi connectivity index (χ2n) is 5.82. The van der Waals surface area contributed by atoms with Crippen LogP contribution in [0, 0.1) is 11.3 Å². The van der Waals surface area contributed by atoms with Crippen LogP contribution in [-0.4, -0.2) is 49.3 Å². The van der Waals surface area contributed by atoms with Crippen molar-refractivity contribution in [3.63, 3.8) is 0 Å². The van der Waals surface area contributed by atoms with Gasteiger partial charge in [0, 0.05) is 25.2 Å². The summed E-state index contributed by atoms with van der Waals surface area (Å²) in [5.41, 5.74) is 0.221. The number of piperazine rings is 1. The van der Waals surface area contributed by atoms with E-state index in [-0.39, 0.29) is 16.5 Å². The zero-order valence-electron chi connectivity index (χ0n) is 12.1. The summed E-state index contributed by atoms with van der Waals surface area (Å²) in [5, 5.41) is 9.16. The molecule has 2 aliphatic rings. The van der Waals surface area contributed by atoms with Gasteiger partial charge in [0.2, 0.25) is 10.0 Å². The summed E-state index contributed by atoms with van der Waals surface area (Å²) in [6, 6.07) is 8.70. The Morgan fingerprint density at radius 3 is 2.81 bits per heavy atom. The lowest BCUT2D eigenvalue weighted by molar-refractivity contribution is 0.117. The molecule has 0 saturated carbocycles. The topological polar surface area (TPSA) is 64.4 Å². The molecule has 112 valence electrons. The lowest BCUT2D eigenvalue weighted by atomic mass is 10.1. The van der Waals surface area contributed by atoms with Gasteiger partial charge in [-0.15, -0.1) is 0 Å². The van der Waals surface area contributed by atoms with Gasteiger partial charge in [0.1, 0.15) is 6.07 Å². The zero-order valence-corrected chi connectivity index (χ0v) is 12.9. The predicted molar refractivity (Wildman–Crippen MR) is 79.1 cm³/mol. The van der Waals surface area contributed by atoms with E-state index in [1.165, 1.54) is 6.07 Å². The van der Waals surface area contributed by atoms with Crippen LogP contribution < -0.4 is 0 Å². The molecular weight excluding hydrogens is 286 g/mol. The molecule has 5 nitrogen and oxygen atoms in total. The van der Waals surface area contributed by atoms with E-state index >= 15 is 0 Å². The van der Waals surface area contributed by atoms with Crippen molar-refractivity contribution in [3.05, 3.63) is 29.8 Å². The maximum Gasteiger partial charge on any atom is 0.244 e. The summed E-state index contributed by atoms with van der Waals surface area (Å²) < 4.78 is 27.4. The molecule has 3 rings (SSSR count). The first kappa shape index (κ1) is 14.5. The van der Waals surface area contributed by atoms with Gasteiger partial charge in [-0.05, 0) is 38.4 Å². The van der Waals surface area contributed by atoms with Crippen molar-refractivity contribution in [2.45, 2.75) is 36.7 Å². The summed E-state index contributed by atoms with van der Waals surface area (Å²) in [5.74, 6) is 0. The van der Waals surface area contributed by atoms with Gasteiger partial charge in [0.25, 0.3) is 0 Å². The molecule has 6 heteroatoms. The highest BCUT2D eigenvalue weighted by Crippen LogP contribution is 2.29. The Hall–Kier alpha value is -1.42. The van der Waals surface area contributed by atoms with E-state index in [0.29, 0.717) is 12.6 Å². The maximum absolute atomic E-state index is 12.9. The first-order valence-corrected chi connectivity index (χ1v) is 8.73. The van der Waals surface area contributed by atoms with Crippen molar-refractivity contribution in [2.75, 3.05) is 19.6 Å². The van der Waals surface area contributed by atoms with Crippen molar-refractivity contribution in [1.82, 2.24) is 9.21 Å². The first-order valence-electron chi connectivity index (χ1n) is 7.29. The molecule has 2 saturated heterocycles. The van der Waals surface area contributed by atoms with Crippen LogP contribution in [0.25, 0.3) is 0 Å². The fourth-order valence-electron chi connectivity index (χ4n) is 3.41. The molecule has 2 heterocycles. The summed E-state index contributed by atoms with van der Waals surface area (Å²) in [6.45, 7) is 4.32.